The molecule has 204 valence electrons. The van der Waals surface area contributed by atoms with Gasteiger partial charge in [0.2, 0.25) is 0 Å². The number of aliphatic hydroxyl groups is 1. The number of benzene rings is 1. The molecular weight excluding hydrogens is 462 g/mol. The second-order valence-electron chi connectivity index (χ2n) is 10.0. The molecule has 2 rings (SSSR count). The van der Waals surface area contributed by atoms with Crippen LogP contribution in [-0.4, -0.2) is 29.4 Å². The zero-order valence-corrected chi connectivity index (χ0v) is 24.5. The maximum atomic E-state index is 13.2. The Morgan fingerprint density at radius 1 is 1.19 bits per heavy atom. The number of allylic oxidation sites excluding steroid dienone is 2. The minimum Gasteiger partial charge on any atom is -0.402 e. The molecule has 37 heavy (non-hydrogen) atoms. The van der Waals surface area contributed by atoms with Crippen LogP contribution < -0.4 is 11.1 Å². The number of methoxy groups -OCH3 is 1. The van der Waals surface area contributed by atoms with E-state index in [0.717, 1.165) is 11.0 Å². The minimum absolute atomic E-state index is 0.288. The normalized spacial score (nSPS) is 15.2. The third kappa shape index (κ3) is 13.7. The monoisotopic (exact) mass is 509 g/mol. The van der Waals surface area contributed by atoms with E-state index >= 15 is 0 Å². The van der Waals surface area contributed by atoms with Crippen LogP contribution in [0.2, 0.25) is 0 Å². The molecule has 1 aliphatic rings. The largest absolute Gasteiger partial charge is 0.402 e. The van der Waals surface area contributed by atoms with Crippen molar-refractivity contribution in [3.8, 4) is 11.8 Å². The molecule has 0 heterocycles. The Bertz CT molecular complexity index is 1050. The third-order valence-corrected chi connectivity index (χ3v) is 5.22. The zero-order chi connectivity index (χ0) is 28.8. The van der Waals surface area contributed by atoms with Crippen molar-refractivity contribution in [2.75, 3.05) is 12.4 Å². The second kappa shape index (κ2) is 15.9. The smallest absolute Gasteiger partial charge is 0.257 e. The predicted molar refractivity (Wildman–Crippen MR) is 157 cm³/mol. The highest BCUT2D eigenvalue weighted by Gasteiger charge is 2.30. The molecular formula is C31H47N3O3. The zero-order valence-electron chi connectivity index (χ0n) is 24.5. The van der Waals surface area contributed by atoms with Gasteiger partial charge < -0.3 is 20.9 Å². The molecule has 0 spiro atoms. The van der Waals surface area contributed by atoms with Crippen LogP contribution in [0, 0.1) is 17.3 Å². The molecule has 0 aliphatic heterocycles. The van der Waals surface area contributed by atoms with Crippen LogP contribution in [0.25, 0.3) is 0 Å². The lowest BCUT2D eigenvalue weighted by atomic mass is 9.94. The number of rotatable bonds is 7. The molecule has 0 aromatic heterocycles. The number of aliphatic imine (C=N–C) groups is 1. The van der Waals surface area contributed by atoms with E-state index in [-0.39, 0.29) is 11.5 Å². The van der Waals surface area contributed by atoms with Crippen molar-refractivity contribution in [2.45, 2.75) is 87.4 Å². The van der Waals surface area contributed by atoms with Crippen LogP contribution in [0.5, 0.6) is 0 Å². The van der Waals surface area contributed by atoms with Crippen LogP contribution in [0.15, 0.2) is 64.5 Å². The van der Waals surface area contributed by atoms with Gasteiger partial charge in [0.15, 0.2) is 0 Å². The van der Waals surface area contributed by atoms with Crippen LogP contribution in [0.4, 0.5) is 5.69 Å². The number of anilines is 1. The van der Waals surface area contributed by atoms with Crippen molar-refractivity contribution in [3.63, 3.8) is 0 Å². The predicted octanol–water partition coefficient (Wildman–Crippen LogP) is 6.53. The fraction of sp³-hybridized carbons (Fsp3) is 0.484. The Balaban J connectivity index is 0.00000161. The van der Waals surface area contributed by atoms with Gasteiger partial charge in [-0.15, -0.1) is 0 Å². The molecule has 0 unspecified atom stereocenters. The van der Waals surface area contributed by atoms with E-state index in [2.05, 4.69) is 42.6 Å². The average molecular weight is 510 g/mol. The van der Waals surface area contributed by atoms with E-state index in [1.54, 1.807) is 53.9 Å². The number of ether oxygens (including phenoxy) is 1. The molecule has 0 atom stereocenters. The summed E-state index contributed by atoms with van der Waals surface area (Å²) in [5.41, 5.74) is 9.45. The quantitative estimate of drug-likeness (QED) is 0.168. The lowest BCUT2D eigenvalue weighted by Crippen LogP contribution is -2.22. The molecule has 0 saturated heterocycles. The molecule has 1 aromatic carbocycles. The highest BCUT2D eigenvalue weighted by atomic mass is 16.5. The molecule has 6 heteroatoms. The first-order chi connectivity index (χ1) is 17.2. The summed E-state index contributed by atoms with van der Waals surface area (Å²) in [6.45, 7) is 21.0. The summed E-state index contributed by atoms with van der Waals surface area (Å²) >= 11 is 0. The van der Waals surface area contributed by atoms with Crippen LogP contribution in [0.1, 0.15) is 80.7 Å². The molecule has 1 fully saturated rings. The van der Waals surface area contributed by atoms with Crippen molar-refractivity contribution >= 4 is 17.3 Å². The molecule has 6 nitrogen and oxygen atoms in total. The van der Waals surface area contributed by atoms with Gasteiger partial charge in [0.05, 0.1) is 12.2 Å². The maximum Gasteiger partial charge on any atom is 0.257 e. The van der Waals surface area contributed by atoms with E-state index in [9.17, 15) is 9.90 Å². The molecule has 4 N–H and O–H groups in total. The number of amides is 1. The number of nitrogens with zero attached hydrogens (tertiary/aromatic N) is 1. The summed E-state index contributed by atoms with van der Waals surface area (Å²) in [5.74, 6) is 5.24. The van der Waals surface area contributed by atoms with Gasteiger partial charge in [0.1, 0.15) is 5.60 Å². The second-order valence-corrected chi connectivity index (χ2v) is 10.0. The topological polar surface area (TPSA) is 96.9 Å². The lowest BCUT2D eigenvalue weighted by molar-refractivity contribution is -0.112. The van der Waals surface area contributed by atoms with Gasteiger partial charge in [-0.1, -0.05) is 58.2 Å². The van der Waals surface area contributed by atoms with E-state index in [0.29, 0.717) is 34.8 Å². The SMILES string of the molecule is C=CN=C(C)C(/C(C(=O)Nc1ccc(COC)cc1)=C(\C)C#CC(C)(C)O)=C(\C)N.CC.CC1(C)CC1. The number of carbonyl (C=O) groups is 1. The number of nitrogens with two attached hydrogens (primary N) is 1. The first-order valence-electron chi connectivity index (χ1n) is 12.7. The van der Waals surface area contributed by atoms with Crippen LogP contribution in [0.3, 0.4) is 0 Å². The van der Waals surface area contributed by atoms with E-state index in [4.69, 9.17) is 10.5 Å². The van der Waals surface area contributed by atoms with Gasteiger partial charge in [-0.05, 0) is 70.6 Å². The number of nitrogens with one attached hydrogen (secondary N) is 1. The summed E-state index contributed by atoms with van der Waals surface area (Å²) < 4.78 is 5.11. The number of hydrogen-bond donors (Lipinski definition) is 3. The summed E-state index contributed by atoms with van der Waals surface area (Å²) in [5, 5.41) is 12.8. The minimum atomic E-state index is -1.20. The Hall–Kier alpha value is -3.14. The first kappa shape index (κ1) is 33.9. The van der Waals surface area contributed by atoms with Crippen molar-refractivity contribution < 1.29 is 14.6 Å². The standard InChI is InChI=1S/C24H31N3O3.C5H10.C2H6/c1-8-26-18(4)22(17(3)25)21(16(2)13-14-24(5,6)29)23(28)27-20-11-9-19(10-12-20)15-30-7;1-5(2)3-4-5;1-2/h8-12,29H,1,15,25H2,2-7H3,(H,27,28);3-4H2,1-2H3;1-2H3/b21-16-,22-17-,26-18?;;. The van der Waals surface area contributed by atoms with Crippen molar-refractivity contribution in [1.29, 1.82) is 0 Å². The maximum absolute atomic E-state index is 13.2. The van der Waals surface area contributed by atoms with E-state index < -0.39 is 5.60 Å². The Kier molecular flexibility index (Phi) is 14.5. The van der Waals surface area contributed by atoms with Gasteiger partial charge in [-0.3, -0.25) is 9.79 Å². The van der Waals surface area contributed by atoms with Gasteiger partial charge in [0.25, 0.3) is 5.91 Å². The molecule has 1 aromatic rings. The first-order valence-corrected chi connectivity index (χ1v) is 12.7. The van der Waals surface area contributed by atoms with Gasteiger partial charge >= 0.3 is 0 Å². The summed E-state index contributed by atoms with van der Waals surface area (Å²) in [4.78, 5) is 17.4. The molecule has 1 aliphatic carbocycles. The lowest BCUT2D eigenvalue weighted by Gasteiger charge is -2.16. The van der Waals surface area contributed by atoms with Crippen LogP contribution >= 0.6 is 0 Å². The summed E-state index contributed by atoms with van der Waals surface area (Å²) in [6, 6.07) is 7.34. The number of carbonyl (C=O) groups excluding carboxylic acids is 1. The van der Waals surface area contributed by atoms with Gasteiger partial charge in [-0.2, -0.15) is 0 Å². The third-order valence-electron chi connectivity index (χ3n) is 5.22. The van der Waals surface area contributed by atoms with E-state index in [1.807, 2.05) is 26.0 Å². The Morgan fingerprint density at radius 3 is 2.08 bits per heavy atom. The molecule has 0 radical (unpaired) electrons. The highest BCUT2D eigenvalue weighted by molar-refractivity contribution is 6.18. The van der Waals surface area contributed by atoms with Crippen LogP contribution in [-0.2, 0) is 16.1 Å². The molecule has 1 saturated carbocycles. The highest BCUT2D eigenvalue weighted by Crippen LogP contribution is 2.43. The average Bonchev–Trinajstić information content (AvgIpc) is 3.52. The fourth-order valence-corrected chi connectivity index (χ4v) is 2.94. The Morgan fingerprint density at radius 2 is 1.70 bits per heavy atom. The van der Waals surface area contributed by atoms with Gasteiger partial charge in [0, 0.05) is 41.6 Å². The number of hydrogen-bond acceptors (Lipinski definition) is 5. The summed E-state index contributed by atoms with van der Waals surface area (Å²) in [7, 11) is 1.63. The van der Waals surface area contributed by atoms with Gasteiger partial charge in [-0.25, -0.2) is 0 Å². The molecule has 0 bridgehead atoms. The van der Waals surface area contributed by atoms with Crippen molar-refractivity contribution in [1.82, 2.24) is 0 Å². The van der Waals surface area contributed by atoms with Crippen molar-refractivity contribution in [3.05, 3.63) is 65.0 Å². The Labute approximate surface area is 224 Å². The fourth-order valence-electron chi connectivity index (χ4n) is 2.94. The van der Waals surface area contributed by atoms with E-state index in [1.165, 1.54) is 19.0 Å². The molecule has 1 amide bonds. The van der Waals surface area contributed by atoms with Crippen molar-refractivity contribution in [2.24, 2.45) is 16.1 Å². The summed E-state index contributed by atoms with van der Waals surface area (Å²) in [6.07, 6.45) is 4.29.